The number of hydrogen-bond acceptors (Lipinski definition) is 2. The van der Waals surface area contributed by atoms with Crippen molar-refractivity contribution in [2.24, 2.45) is 17.8 Å². The van der Waals surface area contributed by atoms with Crippen LogP contribution in [0.15, 0.2) is 6.07 Å². The van der Waals surface area contributed by atoms with E-state index in [1.54, 1.807) is 15.3 Å². The first-order valence-corrected chi connectivity index (χ1v) is 9.83. The third-order valence-electron chi connectivity index (χ3n) is 5.37. The third-order valence-corrected chi connectivity index (χ3v) is 6.69. The lowest BCUT2D eigenvalue weighted by molar-refractivity contribution is 0.178. The van der Waals surface area contributed by atoms with E-state index in [4.69, 9.17) is 0 Å². The second-order valence-corrected chi connectivity index (χ2v) is 8.73. The lowest BCUT2D eigenvalue weighted by Gasteiger charge is -2.36. The van der Waals surface area contributed by atoms with Crippen molar-refractivity contribution >= 4 is 11.3 Å². The van der Waals surface area contributed by atoms with Crippen LogP contribution in [0.4, 0.5) is 0 Å². The Hall–Kier alpha value is -0.340. The van der Waals surface area contributed by atoms with Crippen molar-refractivity contribution in [1.82, 2.24) is 5.32 Å². The molecular weight excluding hydrogens is 274 g/mol. The highest BCUT2D eigenvalue weighted by atomic mass is 32.1. The van der Waals surface area contributed by atoms with Crippen LogP contribution in [0.5, 0.6) is 0 Å². The first-order valence-electron chi connectivity index (χ1n) is 9.02. The molecular formula is C19H31NS. The Morgan fingerprint density at radius 2 is 1.95 bits per heavy atom. The van der Waals surface area contributed by atoms with Gasteiger partial charge in [-0.1, -0.05) is 20.8 Å². The molecule has 3 rings (SSSR count). The van der Waals surface area contributed by atoms with Gasteiger partial charge < -0.3 is 5.32 Å². The maximum Gasteiger partial charge on any atom is 0.0443 e. The molecule has 1 nitrogen and oxygen atoms in total. The van der Waals surface area contributed by atoms with Gasteiger partial charge in [0.2, 0.25) is 0 Å². The summed E-state index contributed by atoms with van der Waals surface area (Å²) < 4.78 is 0. The minimum Gasteiger partial charge on any atom is -0.309 e. The fourth-order valence-corrected chi connectivity index (χ4v) is 6.01. The second kappa shape index (κ2) is 6.83. The van der Waals surface area contributed by atoms with Crippen LogP contribution >= 0.6 is 11.3 Å². The van der Waals surface area contributed by atoms with Crippen LogP contribution in [0.2, 0.25) is 0 Å². The van der Waals surface area contributed by atoms with E-state index in [2.05, 4.69) is 43.5 Å². The van der Waals surface area contributed by atoms with Crippen molar-refractivity contribution in [3.8, 4) is 0 Å². The molecule has 1 aromatic heterocycles. The summed E-state index contributed by atoms with van der Waals surface area (Å²) in [5, 5.41) is 3.90. The molecule has 0 aromatic carbocycles. The van der Waals surface area contributed by atoms with Gasteiger partial charge in [0.1, 0.15) is 0 Å². The van der Waals surface area contributed by atoms with Crippen molar-refractivity contribution in [3.63, 3.8) is 0 Å². The van der Waals surface area contributed by atoms with Gasteiger partial charge in [-0.2, -0.15) is 0 Å². The molecule has 0 amide bonds. The molecule has 118 valence electrons. The van der Waals surface area contributed by atoms with E-state index in [-0.39, 0.29) is 0 Å². The third kappa shape index (κ3) is 3.53. The van der Waals surface area contributed by atoms with Gasteiger partial charge in [0.25, 0.3) is 0 Å². The van der Waals surface area contributed by atoms with Crippen molar-refractivity contribution in [3.05, 3.63) is 21.4 Å². The smallest absolute Gasteiger partial charge is 0.0443 e. The molecule has 1 heterocycles. The van der Waals surface area contributed by atoms with E-state index in [0.717, 1.165) is 24.3 Å². The van der Waals surface area contributed by atoms with Gasteiger partial charge >= 0.3 is 0 Å². The van der Waals surface area contributed by atoms with Crippen molar-refractivity contribution in [1.29, 1.82) is 0 Å². The Morgan fingerprint density at radius 3 is 2.62 bits per heavy atom. The molecule has 1 fully saturated rings. The molecule has 1 saturated carbocycles. The molecule has 2 aliphatic rings. The topological polar surface area (TPSA) is 12.0 Å². The molecule has 0 aliphatic heterocycles. The minimum absolute atomic E-state index is 0.616. The van der Waals surface area contributed by atoms with Crippen LogP contribution < -0.4 is 5.32 Å². The van der Waals surface area contributed by atoms with Gasteiger partial charge in [0.05, 0.1) is 0 Å². The first-order chi connectivity index (χ1) is 10.2. The average Bonchev–Trinajstić information content (AvgIpc) is 2.99. The molecule has 1 N–H and O–H groups in total. The van der Waals surface area contributed by atoms with Crippen LogP contribution in [0.1, 0.15) is 74.2 Å². The number of thiophene rings is 1. The Morgan fingerprint density at radius 1 is 1.19 bits per heavy atom. The normalized spacial score (nSPS) is 30.3. The monoisotopic (exact) mass is 305 g/mol. The molecule has 0 radical (unpaired) electrons. The predicted molar refractivity (Wildman–Crippen MR) is 93.0 cm³/mol. The fourth-order valence-electron chi connectivity index (χ4n) is 4.59. The summed E-state index contributed by atoms with van der Waals surface area (Å²) in [6.07, 6.45) is 9.52. The highest BCUT2D eigenvalue weighted by Crippen LogP contribution is 2.43. The molecule has 0 spiro atoms. The molecule has 3 unspecified atom stereocenters. The van der Waals surface area contributed by atoms with E-state index in [9.17, 15) is 0 Å². The summed E-state index contributed by atoms with van der Waals surface area (Å²) >= 11 is 2.11. The zero-order chi connectivity index (χ0) is 14.8. The lowest BCUT2D eigenvalue weighted by atomic mass is 9.73. The molecule has 1 aromatic rings. The van der Waals surface area contributed by atoms with Crippen LogP contribution in [0.25, 0.3) is 0 Å². The average molecular weight is 306 g/mol. The van der Waals surface area contributed by atoms with E-state index >= 15 is 0 Å². The lowest BCUT2D eigenvalue weighted by Crippen LogP contribution is -2.33. The summed E-state index contributed by atoms with van der Waals surface area (Å²) in [6, 6.07) is 3.16. The standard InChI is InChI=1S/C19H31NS/c1-4-8-20-19(16-10-13(2)9-14(3)11-16)18-12-15-6-5-7-17(15)21-18/h12-14,16,19-20H,4-11H2,1-3H3. The summed E-state index contributed by atoms with van der Waals surface area (Å²) in [5.74, 6) is 2.64. The van der Waals surface area contributed by atoms with E-state index in [1.165, 1.54) is 44.9 Å². The van der Waals surface area contributed by atoms with Crippen molar-refractivity contribution < 1.29 is 0 Å². The molecule has 0 saturated heterocycles. The predicted octanol–water partition coefficient (Wildman–Crippen LogP) is 5.35. The van der Waals surface area contributed by atoms with Gasteiger partial charge in [0.15, 0.2) is 0 Å². The summed E-state index contributed by atoms with van der Waals surface area (Å²) in [6.45, 7) is 8.35. The van der Waals surface area contributed by atoms with Crippen LogP contribution in [0, 0.1) is 17.8 Å². The van der Waals surface area contributed by atoms with E-state index < -0.39 is 0 Å². The molecule has 2 aliphatic carbocycles. The first kappa shape index (κ1) is 15.6. The van der Waals surface area contributed by atoms with E-state index in [0.29, 0.717) is 6.04 Å². The van der Waals surface area contributed by atoms with E-state index in [1.807, 2.05) is 0 Å². The van der Waals surface area contributed by atoms with Crippen LogP contribution in [0.3, 0.4) is 0 Å². The second-order valence-electron chi connectivity index (χ2n) is 7.56. The highest BCUT2D eigenvalue weighted by molar-refractivity contribution is 7.12. The summed E-state index contributed by atoms with van der Waals surface area (Å²) in [4.78, 5) is 3.32. The van der Waals surface area contributed by atoms with Crippen molar-refractivity contribution in [2.45, 2.75) is 71.8 Å². The van der Waals surface area contributed by atoms with Gasteiger partial charge in [-0.3, -0.25) is 0 Å². The molecule has 21 heavy (non-hydrogen) atoms. The number of aryl methyl sites for hydroxylation is 2. The zero-order valence-electron chi connectivity index (χ0n) is 14.0. The Balaban J connectivity index is 1.79. The van der Waals surface area contributed by atoms with Gasteiger partial charge in [0, 0.05) is 15.8 Å². The number of nitrogens with one attached hydrogen (secondary N) is 1. The fraction of sp³-hybridized carbons (Fsp3) is 0.789. The zero-order valence-corrected chi connectivity index (χ0v) is 14.8. The number of rotatable bonds is 5. The van der Waals surface area contributed by atoms with Crippen LogP contribution in [-0.2, 0) is 12.8 Å². The largest absolute Gasteiger partial charge is 0.309 e. The summed E-state index contributed by atoms with van der Waals surface area (Å²) in [7, 11) is 0. The Bertz CT molecular complexity index is 433. The SMILES string of the molecule is CCCNC(c1cc2c(s1)CCC2)C1CC(C)CC(C)C1. The quantitative estimate of drug-likeness (QED) is 0.773. The van der Waals surface area contributed by atoms with Crippen LogP contribution in [-0.4, -0.2) is 6.54 Å². The molecule has 2 heteroatoms. The maximum absolute atomic E-state index is 3.90. The maximum atomic E-state index is 3.90. The van der Waals surface area contributed by atoms with Crippen molar-refractivity contribution in [2.75, 3.05) is 6.54 Å². The van der Waals surface area contributed by atoms with Gasteiger partial charge in [-0.15, -0.1) is 11.3 Å². The summed E-state index contributed by atoms with van der Waals surface area (Å²) in [5.41, 5.74) is 1.66. The molecule has 0 bridgehead atoms. The van der Waals surface area contributed by atoms with Gasteiger partial charge in [-0.05, 0) is 80.9 Å². The van der Waals surface area contributed by atoms with Gasteiger partial charge in [-0.25, -0.2) is 0 Å². The number of fused-ring (bicyclic) bond motifs is 1. The number of hydrogen-bond donors (Lipinski definition) is 1. The Kier molecular flexibility index (Phi) is 5.06. The highest BCUT2D eigenvalue weighted by Gasteiger charge is 2.32. The Labute approximate surface area is 134 Å². The molecule has 3 atom stereocenters. The minimum atomic E-state index is 0.616.